The van der Waals surface area contributed by atoms with Gasteiger partial charge in [-0.05, 0) is 67.8 Å². The summed E-state index contributed by atoms with van der Waals surface area (Å²) in [5.74, 6) is -0.812. The Morgan fingerprint density at radius 1 is 1.00 bits per heavy atom. The number of carbonyl (C=O) groups is 2. The Morgan fingerprint density at radius 3 is 2.24 bits per heavy atom. The lowest BCUT2D eigenvalue weighted by Crippen LogP contribution is -2.41. The van der Waals surface area contributed by atoms with Crippen LogP contribution in [-0.2, 0) is 19.6 Å². The molecule has 0 atom stereocenters. The van der Waals surface area contributed by atoms with Crippen molar-refractivity contribution in [1.82, 2.24) is 4.31 Å². The molecule has 2 heterocycles. The van der Waals surface area contributed by atoms with Crippen LogP contribution in [0.2, 0.25) is 0 Å². The molecule has 0 aliphatic carbocycles. The first-order valence-electron chi connectivity index (χ1n) is 12.9. The number of nitro benzene ring substituents is 1. The Bertz CT molecular complexity index is 1640. The zero-order valence-electron chi connectivity index (χ0n) is 22.0. The van der Waals surface area contributed by atoms with Crippen LogP contribution in [0.25, 0.3) is 6.08 Å². The maximum atomic E-state index is 12.9. The Morgan fingerprint density at radius 2 is 1.63 bits per heavy atom. The van der Waals surface area contributed by atoms with Crippen LogP contribution in [-0.4, -0.2) is 48.3 Å². The number of amides is 1. The summed E-state index contributed by atoms with van der Waals surface area (Å²) in [4.78, 5) is 35.9. The first-order chi connectivity index (χ1) is 19.6. The monoisotopic (exact) mass is 574 g/mol. The number of nitrogens with zero attached hydrogens (tertiary/aromatic N) is 4. The van der Waals surface area contributed by atoms with E-state index >= 15 is 0 Å². The summed E-state index contributed by atoms with van der Waals surface area (Å²) in [7, 11) is -3.84. The molecule has 1 saturated heterocycles. The second-order valence-corrected chi connectivity index (χ2v) is 11.6. The van der Waals surface area contributed by atoms with Gasteiger partial charge in [0.25, 0.3) is 11.6 Å². The van der Waals surface area contributed by atoms with Crippen LogP contribution in [0.3, 0.4) is 0 Å². The van der Waals surface area contributed by atoms with Crippen molar-refractivity contribution in [3.63, 3.8) is 0 Å². The molecule has 0 bridgehead atoms. The molecule has 0 aromatic heterocycles. The predicted molar refractivity (Wildman–Crippen MR) is 152 cm³/mol. The second kappa shape index (κ2) is 11.4. The third kappa shape index (κ3) is 5.93. The van der Waals surface area contributed by atoms with E-state index in [-0.39, 0.29) is 42.4 Å². The highest BCUT2D eigenvalue weighted by Crippen LogP contribution is 2.28. The summed E-state index contributed by atoms with van der Waals surface area (Å²) in [5, 5.41) is 16.6. The first kappa shape index (κ1) is 27.9. The number of non-ortho nitro benzene ring substituents is 1. The fraction of sp³-hybridized carbons (Fsp3) is 0.207. The van der Waals surface area contributed by atoms with Gasteiger partial charge in [-0.2, -0.15) is 14.4 Å². The van der Waals surface area contributed by atoms with Crippen molar-refractivity contribution in [1.29, 1.82) is 0 Å². The smallest absolute Gasteiger partial charge is 0.314 e. The number of piperidine rings is 1. The lowest BCUT2D eigenvalue weighted by molar-refractivity contribution is -0.384. The molecule has 2 aliphatic rings. The molecule has 11 nitrogen and oxygen atoms in total. The molecule has 0 spiro atoms. The minimum atomic E-state index is -3.84. The molecule has 2 aliphatic heterocycles. The number of esters is 1. The van der Waals surface area contributed by atoms with Crippen LogP contribution in [0, 0.1) is 16.0 Å². The largest absolute Gasteiger partial charge is 0.426 e. The lowest BCUT2D eigenvalue weighted by Gasteiger charge is -2.30. The molecule has 1 fully saturated rings. The fourth-order valence-corrected chi connectivity index (χ4v) is 6.12. The van der Waals surface area contributed by atoms with E-state index < -0.39 is 26.8 Å². The summed E-state index contributed by atoms with van der Waals surface area (Å²) >= 11 is 0. The summed E-state index contributed by atoms with van der Waals surface area (Å²) in [6.07, 6.45) is 2.30. The molecule has 0 unspecified atom stereocenters. The normalized spacial score (nSPS) is 17.5. The van der Waals surface area contributed by atoms with E-state index in [1.54, 1.807) is 37.3 Å². The van der Waals surface area contributed by atoms with E-state index in [0.29, 0.717) is 22.7 Å². The van der Waals surface area contributed by atoms with Crippen molar-refractivity contribution in [3.05, 3.63) is 100 Å². The van der Waals surface area contributed by atoms with Crippen molar-refractivity contribution in [2.24, 2.45) is 11.0 Å². The van der Waals surface area contributed by atoms with E-state index in [2.05, 4.69) is 5.10 Å². The second-order valence-electron chi connectivity index (χ2n) is 9.62. The number of carbonyl (C=O) groups excluding carboxylic acids is 2. The van der Waals surface area contributed by atoms with Crippen molar-refractivity contribution in [2.75, 3.05) is 18.1 Å². The van der Waals surface area contributed by atoms with Crippen LogP contribution >= 0.6 is 0 Å². The van der Waals surface area contributed by atoms with Crippen LogP contribution in [0.1, 0.15) is 25.3 Å². The maximum absolute atomic E-state index is 12.9. The summed E-state index contributed by atoms with van der Waals surface area (Å²) in [6, 6.07) is 20.6. The average molecular weight is 575 g/mol. The van der Waals surface area contributed by atoms with Crippen LogP contribution in [0.5, 0.6) is 5.75 Å². The number of sulfonamides is 1. The van der Waals surface area contributed by atoms with Crippen LogP contribution in [0.15, 0.2) is 94.4 Å². The number of benzene rings is 3. The number of hydrazone groups is 1. The van der Waals surface area contributed by atoms with Crippen molar-refractivity contribution in [3.8, 4) is 5.75 Å². The van der Waals surface area contributed by atoms with Gasteiger partial charge < -0.3 is 4.74 Å². The molecule has 210 valence electrons. The minimum Gasteiger partial charge on any atom is -0.426 e. The minimum absolute atomic E-state index is 0.0345. The molecule has 0 N–H and O–H groups in total. The van der Waals surface area contributed by atoms with Crippen LogP contribution in [0.4, 0.5) is 11.4 Å². The van der Waals surface area contributed by atoms with Gasteiger partial charge in [-0.25, -0.2) is 8.42 Å². The lowest BCUT2D eigenvalue weighted by atomic mass is 9.98. The van der Waals surface area contributed by atoms with Crippen molar-refractivity contribution < 1.29 is 27.7 Å². The van der Waals surface area contributed by atoms with E-state index in [1.807, 2.05) is 30.3 Å². The van der Waals surface area contributed by atoms with Crippen molar-refractivity contribution in [2.45, 2.75) is 24.7 Å². The number of hydrogen-bond acceptors (Lipinski definition) is 8. The SMILES string of the molecule is CC1=NN(c2ccccc2)C(=O)/C1=C\c1ccc(OC(=O)C2CCN(S(=O)(=O)c3ccc([N+](=O)[O-])cc3)CC2)cc1. The van der Waals surface area contributed by atoms with Gasteiger partial charge in [-0.3, -0.25) is 19.7 Å². The van der Waals surface area contributed by atoms with Gasteiger partial charge in [0.05, 0.1) is 32.7 Å². The zero-order valence-corrected chi connectivity index (χ0v) is 22.9. The maximum Gasteiger partial charge on any atom is 0.314 e. The van der Waals surface area contributed by atoms with Crippen LogP contribution < -0.4 is 9.75 Å². The molecular weight excluding hydrogens is 548 g/mol. The molecule has 3 aromatic rings. The quantitative estimate of drug-likeness (QED) is 0.134. The zero-order chi connectivity index (χ0) is 29.1. The van der Waals surface area contributed by atoms with Gasteiger partial charge in [0.2, 0.25) is 10.0 Å². The number of hydrogen-bond donors (Lipinski definition) is 0. The highest BCUT2D eigenvalue weighted by atomic mass is 32.2. The summed E-state index contributed by atoms with van der Waals surface area (Å²) in [5.41, 5.74) is 2.28. The molecular formula is C29H26N4O7S. The topological polar surface area (TPSA) is 139 Å². The predicted octanol–water partition coefficient (Wildman–Crippen LogP) is 4.41. The fourth-order valence-electron chi connectivity index (χ4n) is 4.65. The number of nitro groups is 1. The number of anilines is 1. The average Bonchev–Trinajstić information content (AvgIpc) is 3.27. The van der Waals surface area contributed by atoms with E-state index in [0.717, 1.165) is 17.7 Å². The van der Waals surface area contributed by atoms with Gasteiger partial charge in [0.1, 0.15) is 5.75 Å². The van der Waals surface area contributed by atoms with Gasteiger partial charge >= 0.3 is 5.97 Å². The van der Waals surface area contributed by atoms with Gasteiger partial charge in [-0.1, -0.05) is 30.3 Å². The van der Waals surface area contributed by atoms with Crippen molar-refractivity contribution >= 4 is 45.1 Å². The Kier molecular flexibility index (Phi) is 7.77. The van der Waals surface area contributed by atoms with Gasteiger partial charge in [0.15, 0.2) is 0 Å². The summed E-state index contributed by atoms with van der Waals surface area (Å²) < 4.78 is 32.7. The highest BCUT2D eigenvalue weighted by molar-refractivity contribution is 7.89. The molecule has 12 heteroatoms. The Balaban J connectivity index is 1.17. The third-order valence-corrected chi connectivity index (χ3v) is 8.86. The molecule has 1 amide bonds. The van der Waals surface area contributed by atoms with E-state index in [4.69, 9.17) is 4.74 Å². The van der Waals surface area contributed by atoms with E-state index in [9.17, 15) is 28.1 Å². The molecule has 41 heavy (non-hydrogen) atoms. The van der Waals surface area contributed by atoms with Gasteiger partial charge in [-0.15, -0.1) is 0 Å². The molecule has 3 aromatic carbocycles. The highest BCUT2D eigenvalue weighted by Gasteiger charge is 2.33. The van der Waals surface area contributed by atoms with Gasteiger partial charge in [0, 0.05) is 25.2 Å². The standard InChI is InChI=1S/C29H26N4O7S/c1-20-27(28(34)32(30-20)23-5-3-2-4-6-23)19-21-7-11-25(12-8-21)40-29(35)22-15-17-31(18-16-22)41(38,39)26-13-9-24(10-14-26)33(36)37/h2-14,19,22H,15-18H2,1H3/b27-19-. The third-order valence-electron chi connectivity index (χ3n) is 6.95. The first-order valence-corrected chi connectivity index (χ1v) is 14.3. The Hall–Kier alpha value is -4.68. The number of para-hydroxylation sites is 1. The Labute approximate surface area is 236 Å². The van der Waals surface area contributed by atoms with E-state index in [1.165, 1.54) is 21.4 Å². The summed E-state index contributed by atoms with van der Waals surface area (Å²) in [6.45, 7) is 2.02. The number of rotatable bonds is 7. The molecule has 5 rings (SSSR count). The number of ether oxygens (including phenoxy) is 1. The molecule has 0 radical (unpaired) electrons. The molecule has 0 saturated carbocycles.